The highest BCUT2D eigenvalue weighted by Gasteiger charge is 2.11. The van der Waals surface area contributed by atoms with Crippen LogP contribution in [-0.2, 0) is 14.3 Å². The van der Waals surface area contributed by atoms with Crippen molar-refractivity contribution < 1.29 is 14.3 Å². The van der Waals surface area contributed by atoms with Crippen molar-refractivity contribution in [2.24, 2.45) is 5.92 Å². The minimum atomic E-state index is -0.560. The zero-order valence-corrected chi connectivity index (χ0v) is 14.2. The van der Waals surface area contributed by atoms with Crippen LogP contribution in [0.1, 0.15) is 26.3 Å². The third kappa shape index (κ3) is 4.91. The molecule has 5 nitrogen and oxygen atoms in total. The summed E-state index contributed by atoms with van der Waals surface area (Å²) < 4.78 is 4.96. The van der Waals surface area contributed by atoms with Crippen molar-refractivity contribution in [3.8, 4) is 0 Å². The van der Waals surface area contributed by atoms with Gasteiger partial charge in [-0.25, -0.2) is 4.79 Å². The van der Waals surface area contributed by atoms with E-state index >= 15 is 0 Å². The number of hydrogen-bond acceptors (Lipinski definition) is 4. The Morgan fingerprint density at radius 2 is 1.96 bits per heavy atom. The van der Waals surface area contributed by atoms with Crippen molar-refractivity contribution in [3.05, 3.63) is 48.2 Å². The van der Waals surface area contributed by atoms with Crippen LogP contribution in [0.5, 0.6) is 0 Å². The van der Waals surface area contributed by atoms with Crippen LogP contribution in [0.15, 0.2) is 42.6 Å². The molecule has 0 radical (unpaired) electrons. The van der Waals surface area contributed by atoms with Gasteiger partial charge in [-0.2, -0.15) is 0 Å². The van der Waals surface area contributed by atoms with Gasteiger partial charge in [0.2, 0.25) is 0 Å². The second-order valence-corrected chi connectivity index (χ2v) is 5.96. The number of fused-ring (bicyclic) bond motifs is 1. The molecule has 0 bridgehead atoms. The number of hydrogen-bond donors (Lipinski definition) is 1. The summed E-state index contributed by atoms with van der Waals surface area (Å²) in [5.41, 5.74) is 1.63. The summed E-state index contributed by atoms with van der Waals surface area (Å²) >= 11 is 0. The number of amides is 1. The molecule has 126 valence electrons. The Balaban J connectivity index is 1.92. The smallest absolute Gasteiger partial charge is 0.331 e. The fourth-order valence-electron chi connectivity index (χ4n) is 2.07. The Kier molecular flexibility index (Phi) is 6.07. The first-order valence-electron chi connectivity index (χ1n) is 7.95. The van der Waals surface area contributed by atoms with Crippen LogP contribution in [0.2, 0.25) is 0 Å². The fourth-order valence-corrected chi connectivity index (χ4v) is 2.07. The van der Waals surface area contributed by atoms with E-state index in [1.807, 2.05) is 51.1 Å². The lowest BCUT2D eigenvalue weighted by Crippen LogP contribution is -2.38. The molecule has 0 aliphatic heterocycles. The predicted octanol–water partition coefficient (Wildman–Crippen LogP) is 2.95. The molecule has 0 saturated heterocycles. The number of carbonyl (C=O) groups is 2. The lowest BCUT2D eigenvalue weighted by Gasteiger charge is -2.16. The second-order valence-electron chi connectivity index (χ2n) is 5.96. The zero-order valence-electron chi connectivity index (χ0n) is 14.2. The zero-order chi connectivity index (χ0) is 17.5. The molecule has 24 heavy (non-hydrogen) atoms. The van der Waals surface area contributed by atoms with E-state index in [2.05, 4.69) is 10.3 Å². The summed E-state index contributed by atoms with van der Waals surface area (Å²) in [7, 11) is 0. The van der Waals surface area contributed by atoms with Gasteiger partial charge < -0.3 is 10.1 Å². The van der Waals surface area contributed by atoms with E-state index in [0.29, 0.717) is 5.92 Å². The topological polar surface area (TPSA) is 68.3 Å². The standard InChI is InChI=1S/C19H22N2O3/c1-13(2)14(3)21-17(22)12-24-18(23)10-9-16-7-4-6-15-8-5-11-20-19(15)16/h4-11,13-14H,12H2,1-3H3,(H,21,22). The van der Waals surface area contributed by atoms with Crippen LogP contribution in [0.4, 0.5) is 0 Å². The van der Waals surface area contributed by atoms with E-state index < -0.39 is 5.97 Å². The molecule has 1 aromatic carbocycles. The molecule has 2 rings (SSSR count). The molecule has 0 spiro atoms. The van der Waals surface area contributed by atoms with Gasteiger partial charge >= 0.3 is 5.97 Å². The maximum Gasteiger partial charge on any atom is 0.331 e. The first kappa shape index (κ1) is 17.7. The molecule has 2 aromatic rings. The van der Waals surface area contributed by atoms with Crippen molar-refractivity contribution in [1.82, 2.24) is 10.3 Å². The average molecular weight is 326 g/mol. The number of para-hydroxylation sites is 1. The first-order valence-corrected chi connectivity index (χ1v) is 7.95. The lowest BCUT2D eigenvalue weighted by atomic mass is 10.1. The third-order valence-corrected chi connectivity index (χ3v) is 3.80. The fraction of sp³-hybridized carbons (Fsp3) is 0.316. The van der Waals surface area contributed by atoms with Gasteiger partial charge in [0.1, 0.15) is 0 Å². The Morgan fingerprint density at radius 1 is 1.21 bits per heavy atom. The molecule has 1 N–H and O–H groups in total. The third-order valence-electron chi connectivity index (χ3n) is 3.80. The highest BCUT2D eigenvalue weighted by Crippen LogP contribution is 2.17. The predicted molar refractivity (Wildman–Crippen MR) is 94.2 cm³/mol. The van der Waals surface area contributed by atoms with Crippen LogP contribution < -0.4 is 5.32 Å². The highest BCUT2D eigenvalue weighted by atomic mass is 16.5. The Labute approximate surface area is 141 Å². The number of benzene rings is 1. The minimum Gasteiger partial charge on any atom is -0.452 e. The van der Waals surface area contributed by atoms with Crippen LogP contribution in [0.25, 0.3) is 17.0 Å². The van der Waals surface area contributed by atoms with Gasteiger partial charge in [0.05, 0.1) is 5.52 Å². The molecule has 0 aliphatic carbocycles. The molecule has 1 unspecified atom stereocenters. The Bertz CT molecular complexity index is 748. The van der Waals surface area contributed by atoms with Gasteiger partial charge in [-0.3, -0.25) is 9.78 Å². The van der Waals surface area contributed by atoms with E-state index in [9.17, 15) is 9.59 Å². The van der Waals surface area contributed by atoms with Crippen LogP contribution in [0.3, 0.4) is 0 Å². The Hall–Kier alpha value is -2.69. The van der Waals surface area contributed by atoms with E-state index in [1.165, 1.54) is 6.08 Å². The van der Waals surface area contributed by atoms with Gasteiger partial charge in [-0.05, 0) is 25.0 Å². The van der Waals surface area contributed by atoms with Crippen molar-refractivity contribution in [3.63, 3.8) is 0 Å². The maximum absolute atomic E-state index is 11.8. The molecular formula is C19H22N2O3. The number of nitrogens with one attached hydrogen (secondary N) is 1. The van der Waals surface area contributed by atoms with E-state index in [4.69, 9.17) is 4.74 Å². The lowest BCUT2D eigenvalue weighted by molar-refractivity contribution is -0.144. The molecule has 0 aliphatic rings. The molecule has 1 amide bonds. The summed E-state index contributed by atoms with van der Waals surface area (Å²) in [4.78, 5) is 27.8. The van der Waals surface area contributed by atoms with Crippen molar-refractivity contribution in [2.45, 2.75) is 26.8 Å². The largest absolute Gasteiger partial charge is 0.452 e. The van der Waals surface area contributed by atoms with Crippen molar-refractivity contribution in [1.29, 1.82) is 0 Å². The molecular weight excluding hydrogens is 304 g/mol. The van der Waals surface area contributed by atoms with Gasteiger partial charge in [0.25, 0.3) is 5.91 Å². The molecule has 1 heterocycles. The number of esters is 1. The number of pyridine rings is 1. The molecule has 1 aromatic heterocycles. The minimum absolute atomic E-state index is 0.0356. The highest BCUT2D eigenvalue weighted by molar-refractivity contribution is 5.93. The van der Waals surface area contributed by atoms with Crippen LogP contribution in [0, 0.1) is 5.92 Å². The monoisotopic (exact) mass is 326 g/mol. The molecule has 5 heteroatoms. The number of carbonyl (C=O) groups excluding carboxylic acids is 2. The summed E-state index contributed by atoms with van der Waals surface area (Å²) in [5, 5.41) is 3.78. The van der Waals surface area contributed by atoms with E-state index in [-0.39, 0.29) is 18.6 Å². The molecule has 0 fully saturated rings. The SMILES string of the molecule is CC(C)C(C)NC(=O)COC(=O)C=Cc1cccc2cccnc12. The number of ether oxygens (including phenoxy) is 1. The summed E-state index contributed by atoms with van der Waals surface area (Å²) in [6.07, 6.45) is 4.66. The van der Waals surface area contributed by atoms with Crippen molar-refractivity contribution in [2.75, 3.05) is 6.61 Å². The summed E-state index contributed by atoms with van der Waals surface area (Å²) in [6.45, 7) is 5.65. The summed E-state index contributed by atoms with van der Waals surface area (Å²) in [5.74, 6) is -0.538. The van der Waals surface area contributed by atoms with Gasteiger partial charge in [0.15, 0.2) is 6.61 Å². The number of aromatic nitrogens is 1. The van der Waals surface area contributed by atoms with Gasteiger partial charge in [-0.15, -0.1) is 0 Å². The normalized spacial score (nSPS) is 12.5. The number of nitrogens with zero attached hydrogens (tertiary/aromatic N) is 1. The quantitative estimate of drug-likeness (QED) is 0.654. The van der Waals surface area contributed by atoms with Crippen LogP contribution in [-0.4, -0.2) is 29.5 Å². The van der Waals surface area contributed by atoms with Gasteiger partial charge in [-0.1, -0.05) is 38.1 Å². The average Bonchev–Trinajstić information content (AvgIpc) is 2.57. The number of rotatable bonds is 6. The molecule has 0 saturated carbocycles. The second kappa shape index (κ2) is 8.24. The van der Waals surface area contributed by atoms with E-state index in [1.54, 1.807) is 12.3 Å². The summed E-state index contributed by atoms with van der Waals surface area (Å²) in [6, 6.07) is 9.58. The van der Waals surface area contributed by atoms with Gasteiger partial charge in [0, 0.05) is 29.3 Å². The Morgan fingerprint density at radius 3 is 2.71 bits per heavy atom. The first-order chi connectivity index (χ1) is 11.5. The molecule has 1 atom stereocenters. The van der Waals surface area contributed by atoms with E-state index in [0.717, 1.165) is 16.5 Å². The van der Waals surface area contributed by atoms with Crippen LogP contribution >= 0.6 is 0 Å². The van der Waals surface area contributed by atoms with Crippen molar-refractivity contribution >= 4 is 28.9 Å². The maximum atomic E-state index is 11.8.